The van der Waals surface area contributed by atoms with Crippen LogP contribution >= 0.6 is 11.6 Å². The van der Waals surface area contributed by atoms with Gasteiger partial charge in [-0.1, -0.05) is 18.5 Å². The molecular weight excluding hydrogens is 238 g/mol. The summed E-state index contributed by atoms with van der Waals surface area (Å²) in [7, 11) is 0. The first-order chi connectivity index (χ1) is 8.27. The standard InChI is InChI=1S/C13H20ClNO2/c1-3-15-10-11-9-12(14)5-6-13(11)17-8-7-16-4-2/h5-6,9,15H,3-4,7-8,10H2,1-2H3. The van der Waals surface area contributed by atoms with Crippen LogP contribution in [0, 0.1) is 0 Å². The second kappa shape index (κ2) is 8.34. The van der Waals surface area contributed by atoms with Crippen molar-refractivity contribution in [2.75, 3.05) is 26.4 Å². The molecule has 4 heteroatoms. The van der Waals surface area contributed by atoms with Crippen LogP contribution in [-0.2, 0) is 11.3 Å². The zero-order valence-corrected chi connectivity index (χ0v) is 11.2. The van der Waals surface area contributed by atoms with Crippen LogP contribution in [-0.4, -0.2) is 26.4 Å². The first-order valence-electron chi connectivity index (χ1n) is 5.97. The smallest absolute Gasteiger partial charge is 0.124 e. The fraction of sp³-hybridized carbons (Fsp3) is 0.538. The van der Waals surface area contributed by atoms with Gasteiger partial charge in [-0.2, -0.15) is 0 Å². The fourth-order valence-corrected chi connectivity index (χ4v) is 1.64. The Balaban J connectivity index is 2.55. The van der Waals surface area contributed by atoms with E-state index in [0.29, 0.717) is 19.8 Å². The number of nitrogens with one attached hydrogen (secondary N) is 1. The van der Waals surface area contributed by atoms with Gasteiger partial charge >= 0.3 is 0 Å². The van der Waals surface area contributed by atoms with E-state index < -0.39 is 0 Å². The molecule has 0 aliphatic rings. The van der Waals surface area contributed by atoms with Crippen LogP contribution in [0.2, 0.25) is 5.02 Å². The normalized spacial score (nSPS) is 10.5. The zero-order chi connectivity index (χ0) is 12.5. The predicted octanol–water partition coefficient (Wildman–Crippen LogP) is 2.86. The predicted molar refractivity (Wildman–Crippen MR) is 70.8 cm³/mol. The third-order valence-corrected chi connectivity index (χ3v) is 2.51. The van der Waals surface area contributed by atoms with Crippen LogP contribution < -0.4 is 10.1 Å². The van der Waals surface area contributed by atoms with Crippen LogP contribution in [0.25, 0.3) is 0 Å². The van der Waals surface area contributed by atoms with Crippen LogP contribution in [0.15, 0.2) is 18.2 Å². The number of rotatable bonds is 8. The average Bonchev–Trinajstić information content (AvgIpc) is 2.34. The second-order valence-corrected chi connectivity index (χ2v) is 4.01. The topological polar surface area (TPSA) is 30.5 Å². The van der Waals surface area contributed by atoms with Gasteiger partial charge in [0.15, 0.2) is 0 Å². The lowest BCUT2D eigenvalue weighted by atomic mass is 10.2. The lowest BCUT2D eigenvalue weighted by Gasteiger charge is -2.12. The number of hydrogen-bond donors (Lipinski definition) is 1. The van der Waals surface area contributed by atoms with E-state index in [2.05, 4.69) is 12.2 Å². The quantitative estimate of drug-likeness (QED) is 0.727. The molecule has 0 radical (unpaired) electrons. The van der Waals surface area contributed by atoms with Gasteiger partial charge in [0.05, 0.1) is 6.61 Å². The van der Waals surface area contributed by atoms with E-state index in [1.54, 1.807) is 0 Å². The highest BCUT2D eigenvalue weighted by Gasteiger charge is 2.04. The highest BCUT2D eigenvalue weighted by atomic mass is 35.5. The minimum absolute atomic E-state index is 0.564. The minimum Gasteiger partial charge on any atom is -0.491 e. The van der Waals surface area contributed by atoms with Gasteiger partial charge in [0.2, 0.25) is 0 Å². The molecule has 3 nitrogen and oxygen atoms in total. The Morgan fingerprint density at radius 2 is 2.06 bits per heavy atom. The van der Waals surface area contributed by atoms with Gasteiger partial charge in [-0.3, -0.25) is 0 Å². The third-order valence-electron chi connectivity index (χ3n) is 2.28. The van der Waals surface area contributed by atoms with Crippen LogP contribution in [0.4, 0.5) is 0 Å². The molecule has 0 aromatic heterocycles. The lowest BCUT2D eigenvalue weighted by Crippen LogP contribution is -2.14. The van der Waals surface area contributed by atoms with Crippen molar-refractivity contribution in [3.63, 3.8) is 0 Å². The molecule has 0 heterocycles. The van der Waals surface area contributed by atoms with Gasteiger partial charge in [-0.25, -0.2) is 0 Å². The summed E-state index contributed by atoms with van der Waals surface area (Å²) in [5.74, 6) is 0.870. The molecule has 0 amide bonds. The summed E-state index contributed by atoms with van der Waals surface area (Å²) >= 11 is 5.97. The number of halogens is 1. The molecule has 0 unspecified atom stereocenters. The molecule has 1 rings (SSSR count). The molecule has 0 bridgehead atoms. The van der Waals surface area contributed by atoms with Crippen LogP contribution in [0.3, 0.4) is 0 Å². The molecule has 96 valence electrons. The number of benzene rings is 1. The van der Waals surface area contributed by atoms with Gasteiger partial charge in [-0.15, -0.1) is 0 Å². The molecule has 0 aliphatic heterocycles. The molecule has 0 spiro atoms. The van der Waals surface area contributed by atoms with E-state index >= 15 is 0 Å². The molecule has 1 N–H and O–H groups in total. The molecular formula is C13H20ClNO2. The molecule has 0 atom stereocenters. The summed E-state index contributed by atoms with van der Waals surface area (Å²) in [5, 5.41) is 4.00. The van der Waals surface area contributed by atoms with Gasteiger partial charge < -0.3 is 14.8 Å². The van der Waals surface area contributed by atoms with E-state index in [-0.39, 0.29) is 0 Å². The molecule has 1 aromatic rings. The lowest BCUT2D eigenvalue weighted by molar-refractivity contribution is 0.110. The summed E-state index contributed by atoms with van der Waals surface area (Å²) in [6.45, 7) is 7.62. The van der Waals surface area contributed by atoms with Crippen molar-refractivity contribution in [1.82, 2.24) is 5.32 Å². The minimum atomic E-state index is 0.564. The third kappa shape index (κ3) is 5.39. The van der Waals surface area contributed by atoms with Gasteiger partial charge in [0, 0.05) is 23.7 Å². The van der Waals surface area contributed by atoms with Crippen LogP contribution in [0.1, 0.15) is 19.4 Å². The van der Waals surface area contributed by atoms with Crippen molar-refractivity contribution >= 4 is 11.6 Å². The second-order valence-electron chi connectivity index (χ2n) is 3.58. The van der Waals surface area contributed by atoms with E-state index in [9.17, 15) is 0 Å². The molecule has 0 aliphatic carbocycles. The number of ether oxygens (including phenoxy) is 2. The van der Waals surface area contributed by atoms with Gasteiger partial charge in [0.1, 0.15) is 12.4 Å². The Morgan fingerprint density at radius 3 is 2.76 bits per heavy atom. The fourth-order valence-electron chi connectivity index (χ4n) is 1.44. The summed E-state index contributed by atoms with van der Waals surface area (Å²) in [5.41, 5.74) is 1.08. The van der Waals surface area contributed by atoms with Gasteiger partial charge in [-0.05, 0) is 31.7 Å². The van der Waals surface area contributed by atoms with Crippen molar-refractivity contribution in [2.24, 2.45) is 0 Å². The maximum absolute atomic E-state index is 5.97. The van der Waals surface area contributed by atoms with E-state index in [1.807, 2.05) is 25.1 Å². The highest BCUT2D eigenvalue weighted by Crippen LogP contribution is 2.22. The maximum Gasteiger partial charge on any atom is 0.124 e. The Morgan fingerprint density at radius 1 is 1.24 bits per heavy atom. The van der Waals surface area contributed by atoms with Crippen molar-refractivity contribution in [1.29, 1.82) is 0 Å². The molecule has 17 heavy (non-hydrogen) atoms. The highest BCUT2D eigenvalue weighted by molar-refractivity contribution is 6.30. The summed E-state index contributed by atoms with van der Waals surface area (Å²) < 4.78 is 10.9. The molecule has 0 fully saturated rings. The van der Waals surface area contributed by atoms with E-state index in [1.165, 1.54) is 0 Å². The zero-order valence-electron chi connectivity index (χ0n) is 10.5. The molecule has 0 saturated heterocycles. The monoisotopic (exact) mass is 257 g/mol. The maximum atomic E-state index is 5.97. The van der Waals surface area contributed by atoms with Gasteiger partial charge in [0.25, 0.3) is 0 Å². The first kappa shape index (κ1) is 14.3. The first-order valence-corrected chi connectivity index (χ1v) is 6.35. The Kier molecular flexibility index (Phi) is 7.01. The largest absolute Gasteiger partial charge is 0.491 e. The Bertz CT molecular complexity index is 331. The van der Waals surface area contributed by atoms with Crippen molar-refractivity contribution in [2.45, 2.75) is 20.4 Å². The average molecular weight is 258 g/mol. The molecule has 0 saturated carbocycles. The van der Waals surface area contributed by atoms with Crippen molar-refractivity contribution in [3.8, 4) is 5.75 Å². The summed E-state index contributed by atoms with van der Waals surface area (Å²) in [6, 6.07) is 5.67. The van der Waals surface area contributed by atoms with Crippen LogP contribution in [0.5, 0.6) is 5.75 Å². The van der Waals surface area contributed by atoms with E-state index in [4.69, 9.17) is 21.1 Å². The number of hydrogen-bond acceptors (Lipinski definition) is 3. The van der Waals surface area contributed by atoms with Crippen molar-refractivity contribution < 1.29 is 9.47 Å². The molecule has 1 aromatic carbocycles. The Labute approximate surface area is 108 Å². The summed E-state index contributed by atoms with van der Waals surface area (Å²) in [4.78, 5) is 0. The Hall–Kier alpha value is -0.770. The SMILES string of the molecule is CCNCc1cc(Cl)ccc1OCCOCC. The summed E-state index contributed by atoms with van der Waals surface area (Å²) in [6.07, 6.45) is 0. The van der Waals surface area contributed by atoms with Crippen molar-refractivity contribution in [3.05, 3.63) is 28.8 Å². The van der Waals surface area contributed by atoms with E-state index in [0.717, 1.165) is 29.4 Å².